The molecule has 3 heterocycles. The molecule has 22 heteroatoms. The summed E-state index contributed by atoms with van der Waals surface area (Å²) >= 11 is 0. The van der Waals surface area contributed by atoms with E-state index in [9.17, 15) is 18.9 Å². The van der Waals surface area contributed by atoms with Gasteiger partial charge in [0.2, 0.25) is 25.4 Å². The maximum atomic E-state index is 17.4. The molecule has 0 bridgehead atoms. The molecule has 20 nitrogen and oxygen atoms in total. The molecule has 0 amide bonds. The number of phosphoric ester groups is 1. The van der Waals surface area contributed by atoms with Crippen LogP contribution < -0.4 is 16.2 Å². The number of anilines is 1. The van der Waals surface area contributed by atoms with Gasteiger partial charge in [-0.1, -0.05) is 19.9 Å². The van der Waals surface area contributed by atoms with Crippen molar-refractivity contribution in [1.29, 1.82) is 0 Å². The Labute approximate surface area is 298 Å². The van der Waals surface area contributed by atoms with E-state index >= 15 is 4.39 Å². The Balaban J connectivity index is 1.73. The number of carbonyl (C=O) groups is 3. The molecule has 6 atom stereocenters. The van der Waals surface area contributed by atoms with Crippen molar-refractivity contribution in [1.82, 2.24) is 19.5 Å². The second-order valence-corrected chi connectivity index (χ2v) is 14.3. The van der Waals surface area contributed by atoms with Crippen molar-refractivity contribution >= 4 is 43.2 Å². The summed E-state index contributed by atoms with van der Waals surface area (Å²) in [7, 11) is -5.08. The molecule has 2 fully saturated rings. The number of nitrogens with two attached hydrogens (primary N) is 2. The average molecular weight is 763 g/mol. The fourth-order valence-corrected chi connectivity index (χ4v) is 6.64. The lowest BCUT2D eigenvalue weighted by Gasteiger charge is -2.38. The van der Waals surface area contributed by atoms with Gasteiger partial charge in [0.1, 0.15) is 17.6 Å². The van der Waals surface area contributed by atoms with Crippen molar-refractivity contribution in [2.45, 2.75) is 97.4 Å². The Morgan fingerprint density at radius 3 is 2.15 bits per heavy atom. The summed E-state index contributed by atoms with van der Waals surface area (Å²) in [6, 6.07) is -1.18. The van der Waals surface area contributed by atoms with Gasteiger partial charge in [-0.3, -0.25) is 13.9 Å². The molecule has 0 aromatic carbocycles. The number of nitrogens with zero attached hydrogens (tertiary/aromatic N) is 4. The molecule has 2 aromatic heterocycles. The minimum absolute atomic E-state index is 0.0196. The molecule has 1 aliphatic heterocycles. The van der Waals surface area contributed by atoms with Crippen LogP contribution >= 0.6 is 7.82 Å². The summed E-state index contributed by atoms with van der Waals surface area (Å²) in [6.07, 6.45) is -4.81. The molecule has 1 aliphatic carbocycles. The van der Waals surface area contributed by atoms with Crippen LogP contribution in [0.15, 0.2) is 19.0 Å². The number of nitrogen functional groups attached to an aromatic ring is 1. The predicted octanol–water partition coefficient (Wildman–Crippen LogP) is 4.04. The monoisotopic (exact) mass is 762 g/mol. The summed E-state index contributed by atoms with van der Waals surface area (Å²) in [6.45, 7) is 14.3. The zero-order valence-electron chi connectivity index (χ0n) is 29.9. The van der Waals surface area contributed by atoms with Crippen LogP contribution in [0.1, 0.15) is 61.6 Å². The second-order valence-electron chi connectivity index (χ2n) is 12.7. The lowest BCUT2D eigenvalue weighted by molar-refractivity contribution is -0.201. The maximum absolute atomic E-state index is 17.4. The first-order valence-electron chi connectivity index (χ1n) is 16.1. The highest BCUT2D eigenvalue weighted by Gasteiger charge is 2.95. The van der Waals surface area contributed by atoms with Crippen LogP contribution in [0.2, 0.25) is 0 Å². The van der Waals surface area contributed by atoms with Crippen molar-refractivity contribution in [2.24, 2.45) is 17.1 Å². The molecule has 2 aromatic rings. The molecule has 2 unspecified atom stereocenters. The van der Waals surface area contributed by atoms with Crippen LogP contribution in [-0.2, 0) is 51.4 Å². The van der Waals surface area contributed by atoms with Gasteiger partial charge < -0.3 is 44.6 Å². The van der Waals surface area contributed by atoms with Crippen molar-refractivity contribution in [2.75, 3.05) is 25.9 Å². The Hall–Kier alpha value is -4.14. The third kappa shape index (κ3) is 7.65. The number of aromatic nitrogens is 4. The van der Waals surface area contributed by atoms with E-state index < -0.39 is 93.1 Å². The first-order chi connectivity index (χ1) is 24.3. The standard InChI is InChI=1S/C30H44FN6O14P/c1-10-29-23(51-52(41,45-13-43-26(39)47-16(5)6)46-14-44-27(40)48-17(7)8)30(29,31)50-24(28(29,9)49-22(38)18(32)15(3)4)37-12-34-19-20(37)35-25(33)36-21(19)42-11-2/h10,12,15-18,23-24H,1,11,13-14,32H2,2-9H3,(H2,33,35,36)/t18?,23?,24-,28+,29-,30-/m1/s1. The maximum Gasteiger partial charge on any atom is 0.510 e. The van der Waals surface area contributed by atoms with Crippen molar-refractivity contribution in [3.8, 4) is 5.88 Å². The van der Waals surface area contributed by atoms with E-state index in [1.54, 1.807) is 48.5 Å². The largest absolute Gasteiger partial charge is 0.510 e. The first kappa shape index (κ1) is 40.6. The minimum atomic E-state index is -5.08. The number of carbonyl (C=O) groups excluding carboxylic acids is 3. The van der Waals surface area contributed by atoms with Gasteiger partial charge in [-0.05, 0) is 47.5 Å². The molecule has 0 spiro atoms. The number of imidazole rings is 1. The molecule has 4 N–H and O–H groups in total. The number of alkyl halides is 1. The molecule has 290 valence electrons. The Bertz CT molecular complexity index is 1680. The molecular formula is C30H44FN6O14P. The van der Waals surface area contributed by atoms with Crippen LogP contribution in [0.5, 0.6) is 5.88 Å². The van der Waals surface area contributed by atoms with Crippen molar-refractivity contribution in [3.05, 3.63) is 19.0 Å². The highest BCUT2D eigenvalue weighted by Crippen LogP contribution is 2.79. The van der Waals surface area contributed by atoms with Gasteiger partial charge in [-0.2, -0.15) is 9.97 Å². The van der Waals surface area contributed by atoms with E-state index in [4.69, 9.17) is 58.2 Å². The number of ether oxygens (including phenoxy) is 7. The lowest BCUT2D eigenvalue weighted by atomic mass is 9.83. The Kier molecular flexibility index (Phi) is 12.1. The van der Waals surface area contributed by atoms with Crippen LogP contribution in [0.3, 0.4) is 0 Å². The topological polar surface area (TPSA) is 256 Å². The van der Waals surface area contributed by atoms with Crippen LogP contribution in [0.4, 0.5) is 19.9 Å². The number of hydrogen-bond acceptors (Lipinski definition) is 19. The van der Waals surface area contributed by atoms with E-state index in [1.807, 2.05) is 0 Å². The number of hydrogen-bond donors (Lipinski definition) is 2. The van der Waals surface area contributed by atoms with Gasteiger partial charge in [0.15, 0.2) is 23.0 Å². The van der Waals surface area contributed by atoms with E-state index in [0.717, 1.165) is 6.08 Å². The summed E-state index contributed by atoms with van der Waals surface area (Å²) in [4.78, 5) is 49.9. The zero-order valence-corrected chi connectivity index (χ0v) is 30.8. The zero-order chi connectivity index (χ0) is 38.8. The summed E-state index contributed by atoms with van der Waals surface area (Å²) in [5.74, 6) is -4.55. The quantitative estimate of drug-likeness (QED) is 0.0758. The number of phosphoric acid groups is 1. The van der Waals surface area contributed by atoms with Gasteiger partial charge in [0.25, 0.3) is 5.85 Å². The molecule has 1 saturated carbocycles. The fraction of sp³-hybridized carbons (Fsp3) is 0.667. The fourth-order valence-electron chi connectivity index (χ4n) is 5.52. The predicted molar refractivity (Wildman–Crippen MR) is 175 cm³/mol. The molecule has 52 heavy (non-hydrogen) atoms. The molecule has 1 saturated heterocycles. The average Bonchev–Trinajstić information content (AvgIpc) is 3.24. The third-order valence-electron chi connectivity index (χ3n) is 8.05. The highest BCUT2D eigenvalue weighted by atomic mass is 31.2. The summed E-state index contributed by atoms with van der Waals surface area (Å²) in [5, 5.41) is 0. The number of rotatable bonds is 17. The SMILES string of the molecule is C=C[C@]12C(OP(=O)(OCOC(=O)OC(C)C)OCOC(=O)OC(C)C)[C@@]1(F)O[C@@H](n1cnc3c(OCC)nc(N)nc31)[C@]2(C)OC(=O)C(N)C(C)C. The molecule has 2 aliphatic rings. The highest BCUT2D eigenvalue weighted by molar-refractivity contribution is 7.48. The van der Waals surface area contributed by atoms with Crippen LogP contribution in [0, 0.1) is 11.3 Å². The van der Waals surface area contributed by atoms with Gasteiger partial charge in [-0.15, -0.1) is 6.58 Å². The number of esters is 1. The van der Waals surface area contributed by atoms with Gasteiger partial charge in [0.05, 0.1) is 25.1 Å². The molecule has 4 rings (SSSR count). The van der Waals surface area contributed by atoms with Gasteiger partial charge in [0, 0.05) is 0 Å². The lowest BCUT2D eigenvalue weighted by Crippen LogP contribution is -2.51. The molecule has 0 radical (unpaired) electrons. The van der Waals surface area contributed by atoms with E-state index in [2.05, 4.69) is 21.5 Å². The van der Waals surface area contributed by atoms with E-state index in [0.29, 0.717) is 0 Å². The smallest absolute Gasteiger partial charge is 0.476 e. The van der Waals surface area contributed by atoms with Crippen molar-refractivity contribution in [3.63, 3.8) is 0 Å². The van der Waals surface area contributed by atoms with Crippen molar-refractivity contribution < 1.29 is 70.1 Å². The normalized spacial score (nSPS) is 25.9. The second kappa shape index (κ2) is 15.5. The van der Waals surface area contributed by atoms with E-state index in [1.165, 1.54) is 17.8 Å². The third-order valence-corrected chi connectivity index (χ3v) is 9.36. The summed E-state index contributed by atoms with van der Waals surface area (Å²) in [5.41, 5.74) is 7.91. The summed E-state index contributed by atoms with van der Waals surface area (Å²) < 4.78 is 85.2. The molecular weight excluding hydrogens is 718 g/mol. The number of fused-ring (bicyclic) bond motifs is 2. The Morgan fingerprint density at radius 1 is 1.08 bits per heavy atom. The Morgan fingerprint density at radius 2 is 1.65 bits per heavy atom. The van der Waals surface area contributed by atoms with Gasteiger partial charge >= 0.3 is 26.1 Å². The van der Waals surface area contributed by atoms with Crippen LogP contribution in [-0.4, -0.2) is 93.8 Å². The first-order valence-corrected chi connectivity index (χ1v) is 17.6. The van der Waals surface area contributed by atoms with Crippen LogP contribution in [0.25, 0.3) is 11.2 Å². The van der Waals surface area contributed by atoms with E-state index in [-0.39, 0.29) is 29.6 Å². The number of halogens is 1. The van der Waals surface area contributed by atoms with Gasteiger partial charge in [-0.25, -0.2) is 32.6 Å². The minimum Gasteiger partial charge on any atom is -0.476 e.